The van der Waals surface area contributed by atoms with Gasteiger partial charge in [-0.2, -0.15) is 4.99 Å². The van der Waals surface area contributed by atoms with Crippen LogP contribution < -0.4 is 14.7 Å². The van der Waals surface area contributed by atoms with Gasteiger partial charge in [-0.3, -0.25) is 4.79 Å². The number of fused-ring (bicyclic) bond motifs is 2. The van der Waals surface area contributed by atoms with Crippen molar-refractivity contribution in [2.45, 2.75) is 11.4 Å². The van der Waals surface area contributed by atoms with E-state index in [0.29, 0.717) is 21.8 Å². The Kier molecular flexibility index (Phi) is 5.73. The van der Waals surface area contributed by atoms with Gasteiger partial charge in [-0.25, -0.2) is 13.6 Å². The molecule has 0 bridgehead atoms. The Morgan fingerprint density at radius 2 is 1.90 bits per heavy atom. The molecule has 4 aromatic rings. The zero-order valence-corrected chi connectivity index (χ0v) is 18.0. The van der Waals surface area contributed by atoms with Gasteiger partial charge in [0, 0.05) is 6.54 Å². The first-order valence-corrected chi connectivity index (χ1v) is 11.7. The predicted molar refractivity (Wildman–Crippen MR) is 121 cm³/mol. The fraction of sp³-hybridized carbons (Fsp3) is 0.0909. The van der Waals surface area contributed by atoms with Crippen molar-refractivity contribution in [3.05, 3.63) is 78.1 Å². The SMILES string of the molecule is C=CCn1c(=NC(=O)COc2ccc3ccccc3c2)sc2cc(S(N)(=O)=O)ccc21. The first-order chi connectivity index (χ1) is 14.8. The van der Waals surface area contributed by atoms with Crippen molar-refractivity contribution in [3.8, 4) is 5.75 Å². The average molecular weight is 454 g/mol. The van der Waals surface area contributed by atoms with Crippen molar-refractivity contribution >= 4 is 48.3 Å². The summed E-state index contributed by atoms with van der Waals surface area (Å²) in [6, 6.07) is 18.0. The fourth-order valence-corrected chi connectivity index (χ4v) is 4.87. The van der Waals surface area contributed by atoms with Crippen LogP contribution in [0.5, 0.6) is 5.75 Å². The number of aromatic nitrogens is 1. The number of rotatable bonds is 6. The molecule has 0 aliphatic heterocycles. The molecule has 4 rings (SSSR count). The maximum absolute atomic E-state index is 12.5. The number of carbonyl (C=O) groups is 1. The standard InChI is InChI=1S/C22H19N3O4S2/c1-2-11-25-19-10-9-18(31(23,27)28)13-20(19)30-22(25)24-21(26)14-29-17-8-7-15-5-3-4-6-16(15)12-17/h2-10,12-13H,1,11,14H2,(H2,23,27,28). The third kappa shape index (κ3) is 4.58. The van der Waals surface area contributed by atoms with Crippen molar-refractivity contribution in [1.82, 2.24) is 4.57 Å². The molecule has 31 heavy (non-hydrogen) atoms. The van der Waals surface area contributed by atoms with E-state index in [9.17, 15) is 13.2 Å². The summed E-state index contributed by atoms with van der Waals surface area (Å²) in [5.41, 5.74) is 0.735. The summed E-state index contributed by atoms with van der Waals surface area (Å²) < 4.78 is 31.3. The van der Waals surface area contributed by atoms with Gasteiger partial charge in [-0.05, 0) is 41.1 Å². The summed E-state index contributed by atoms with van der Waals surface area (Å²) in [4.78, 5) is 17.1. The van der Waals surface area contributed by atoms with E-state index >= 15 is 0 Å². The van der Waals surface area contributed by atoms with Crippen LogP contribution in [0.25, 0.3) is 21.0 Å². The molecule has 0 unspecified atom stereocenters. The van der Waals surface area contributed by atoms with Crippen molar-refractivity contribution in [2.75, 3.05) is 6.61 Å². The Morgan fingerprint density at radius 1 is 1.13 bits per heavy atom. The van der Waals surface area contributed by atoms with Crippen molar-refractivity contribution < 1.29 is 17.9 Å². The molecule has 0 aliphatic rings. The summed E-state index contributed by atoms with van der Waals surface area (Å²) in [6.07, 6.45) is 1.68. The van der Waals surface area contributed by atoms with Gasteiger partial charge in [0.15, 0.2) is 11.4 Å². The van der Waals surface area contributed by atoms with Crippen LogP contribution in [-0.2, 0) is 21.4 Å². The smallest absolute Gasteiger partial charge is 0.286 e. The quantitative estimate of drug-likeness (QED) is 0.453. The molecule has 0 saturated carbocycles. The Hall–Kier alpha value is -3.27. The highest BCUT2D eigenvalue weighted by Gasteiger charge is 2.13. The first kappa shape index (κ1) is 21.0. The molecule has 158 valence electrons. The monoisotopic (exact) mass is 453 g/mol. The van der Waals surface area contributed by atoms with E-state index in [4.69, 9.17) is 9.88 Å². The second-order valence-corrected chi connectivity index (χ2v) is 9.33. The van der Waals surface area contributed by atoms with Crippen LogP contribution in [0.3, 0.4) is 0 Å². The number of primary sulfonamides is 1. The molecular weight excluding hydrogens is 434 g/mol. The molecule has 0 saturated heterocycles. The molecular formula is C22H19N3O4S2. The summed E-state index contributed by atoms with van der Waals surface area (Å²) >= 11 is 1.20. The highest BCUT2D eigenvalue weighted by atomic mass is 32.2. The molecule has 2 N–H and O–H groups in total. The normalized spacial score (nSPS) is 12.4. The van der Waals surface area contributed by atoms with Crippen LogP contribution in [0, 0.1) is 0 Å². The lowest BCUT2D eigenvalue weighted by Gasteiger charge is -2.05. The summed E-state index contributed by atoms with van der Waals surface area (Å²) in [6.45, 7) is 3.93. The Morgan fingerprint density at radius 3 is 2.65 bits per heavy atom. The molecule has 0 radical (unpaired) electrons. The van der Waals surface area contributed by atoms with E-state index < -0.39 is 15.9 Å². The van der Waals surface area contributed by atoms with Crippen LogP contribution in [0.2, 0.25) is 0 Å². The molecule has 0 spiro atoms. The molecule has 0 fully saturated rings. The Labute approximate surface area is 182 Å². The van der Waals surface area contributed by atoms with E-state index in [0.717, 1.165) is 16.3 Å². The molecule has 1 heterocycles. The molecule has 7 nitrogen and oxygen atoms in total. The van der Waals surface area contributed by atoms with Gasteiger partial charge in [0.1, 0.15) is 5.75 Å². The zero-order chi connectivity index (χ0) is 22.0. The summed E-state index contributed by atoms with van der Waals surface area (Å²) in [5, 5.41) is 7.32. The largest absolute Gasteiger partial charge is 0.484 e. The van der Waals surface area contributed by atoms with Crippen LogP contribution in [0.15, 0.2) is 83.2 Å². The second kappa shape index (κ2) is 8.46. The molecule has 3 aromatic carbocycles. The predicted octanol–water partition coefficient (Wildman–Crippen LogP) is 3.20. The van der Waals surface area contributed by atoms with Crippen molar-refractivity contribution in [3.63, 3.8) is 0 Å². The summed E-state index contributed by atoms with van der Waals surface area (Å²) in [7, 11) is -3.83. The van der Waals surface area contributed by atoms with Gasteiger partial charge >= 0.3 is 0 Å². The van der Waals surface area contributed by atoms with E-state index in [1.165, 1.54) is 23.5 Å². The van der Waals surface area contributed by atoms with E-state index in [1.807, 2.05) is 42.5 Å². The van der Waals surface area contributed by atoms with Crippen LogP contribution in [0.1, 0.15) is 0 Å². The van der Waals surface area contributed by atoms with Crippen molar-refractivity contribution in [2.24, 2.45) is 10.1 Å². The number of hydrogen-bond acceptors (Lipinski definition) is 5. The third-order valence-electron chi connectivity index (χ3n) is 4.60. The zero-order valence-electron chi connectivity index (χ0n) is 16.4. The number of nitrogens with zero attached hydrogens (tertiary/aromatic N) is 2. The number of ether oxygens (including phenoxy) is 1. The van der Waals surface area contributed by atoms with Gasteiger partial charge in [0.05, 0.1) is 15.1 Å². The minimum atomic E-state index is -3.83. The Bertz CT molecular complexity index is 1480. The minimum absolute atomic E-state index is 0.00418. The number of allylic oxidation sites excluding steroid dienone is 1. The summed E-state index contributed by atoms with van der Waals surface area (Å²) in [5.74, 6) is 0.125. The number of thiazole rings is 1. The third-order valence-corrected chi connectivity index (χ3v) is 6.55. The van der Waals surface area contributed by atoms with E-state index in [-0.39, 0.29) is 11.5 Å². The highest BCUT2D eigenvalue weighted by molar-refractivity contribution is 7.89. The van der Waals surface area contributed by atoms with Gasteiger partial charge in [-0.1, -0.05) is 47.7 Å². The highest BCUT2D eigenvalue weighted by Crippen LogP contribution is 2.22. The van der Waals surface area contributed by atoms with Crippen LogP contribution in [-0.4, -0.2) is 25.5 Å². The van der Waals surface area contributed by atoms with Gasteiger partial charge in [0.25, 0.3) is 5.91 Å². The number of hydrogen-bond donors (Lipinski definition) is 1. The Balaban J connectivity index is 1.62. The lowest BCUT2D eigenvalue weighted by Crippen LogP contribution is -2.19. The molecule has 1 aromatic heterocycles. The maximum atomic E-state index is 12.5. The molecule has 1 amide bonds. The van der Waals surface area contributed by atoms with Gasteiger partial charge < -0.3 is 9.30 Å². The van der Waals surface area contributed by atoms with Crippen LogP contribution in [0.4, 0.5) is 0 Å². The molecule has 9 heteroatoms. The second-order valence-electron chi connectivity index (χ2n) is 6.76. The number of amides is 1. The van der Waals surface area contributed by atoms with E-state index in [2.05, 4.69) is 11.6 Å². The minimum Gasteiger partial charge on any atom is -0.484 e. The number of carbonyl (C=O) groups excluding carboxylic acids is 1. The number of benzene rings is 3. The van der Waals surface area contributed by atoms with Crippen LogP contribution >= 0.6 is 11.3 Å². The average Bonchev–Trinajstić information content (AvgIpc) is 3.08. The topological polar surface area (TPSA) is 104 Å². The number of sulfonamides is 1. The van der Waals surface area contributed by atoms with E-state index in [1.54, 1.807) is 16.7 Å². The first-order valence-electron chi connectivity index (χ1n) is 9.31. The fourth-order valence-electron chi connectivity index (χ4n) is 3.16. The van der Waals surface area contributed by atoms with Gasteiger partial charge in [-0.15, -0.1) is 6.58 Å². The molecule has 0 atom stereocenters. The van der Waals surface area contributed by atoms with Crippen molar-refractivity contribution in [1.29, 1.82) is 0 Å². The lowest BCUT2D eigenvalue weighted by molar-refractivity contribution is -0.120. The molecule has 0 aliphatic carbocycles. The maximum Gasteiger partial charge on any atom is 0.286 e. The lowest BCUT2D eigenvalue weighted by atomic mass is 10.1. The number of nitrogens with two attached hydrogens (primary N) is 1. The van der Waals surface area contributed by atoms with Gasteiger partial charge in [0.2, 0.25) is 10.0 Å².